The maximum atomic E-state index is 11.5. The number of nitrogens with one attached hydrogen (secondary N) is 1. The van der Waals surface area contributed by atoms with Gasteiger partial charge in [-0.15, -0.1) is 0 Å². The third-order valence-electron chi connectivity index (χ3n) is 2.10. The Labute approximate surface area is 99.8 Å². The van der Waals surface area contributed by atoms with Gasteiger partial charge in [-0.25, -0.2) is 0 Å². The molecule has 86 valence electrons. The molecular formula is C12H14ClNO2. The van der Waals surface area contributed by atoms with E-state index in [1.165, 1.54) is 6.92 Å². The Kier molecular flexibility index (Phi) is 4.50. The molecule has 0 radical (unpaired) electrons. The van der Waals surface area contributed by atoms with Gasteiger partial charge in [-0.3, -0.25) is 4.79 Å². The summed E-state index contributed by atoms with van der Waals surface area (Å²) < 4.78 is 0. The number of anilines is 1. The minimum Gasteiger partial charge on any atom is -0.325 e. The molecule has 1 rings (SSSR count). The maximum Gasteiger partial charge on any atom is 0.224 e. The Morgan fingerprint density at radius 2 is 2.00 bits per heavy atom. The Hall–Kier alpha value is -1.35. The standard InChI is InChI=1S/C12H14ClNO2/c1-8-3-5-10(13)11(7-8)14-12(16)6-4-9(2)15/h3,5,7H,4,6H2,1-2H3,(H,14,16). The molecule has 0 bridgehead atoms. The highest BCUT2D eigenvalue weighted by Gasteiger charge is 2.06. The topological polar surface area (TPSA) is 46.2 Å². The van der Waals surface area contributed by atoms with E-state index in [2.05, 4.69) is 5.32 Å². The first-order valence-corrected chi connectivity index (χ1v) is 5.42. The molecule has 0 saturated heterocycles. The Morgan fingerprint density at radius 3 is 2.62 bits per heavy atom. The molecule has 1 amide bonds. The van der Waals surface area contributed by atoms with Crippen molar-refractivity contribution in [3.8, 4) is 0 Å². The first-order chi connectivity index (χ1) is 7.49. The predicted molar refractivity (Wildman–Crippen MR) is 64.7 cm³/mol. The number of Topliss-reactive ketones (excluding diaryl/α,β-unsaturated/α-hetero) is 1. The predicted octanol–water partition coefficient (Wildman–Crippen LogP) is 2.96. The number of rotatable bonds is 4. The molecule has 1 aromatic rings. The third-order valence-corrected chi connectivity index (χ3v) is 2.43. The van der Waals surface area contributed by atoms with E-state index in [-0.39, 0.29) is 24.5 Å². The first-order valence-electron chi connectivity index (χ1n) is 5.04. The minimum atomic E-state index is -0.192. The normalized spacial score (nSPS) is 9.94. The summed E-state index contributed by atoms with van der Waals surface area (Å²) in [6, 6.07) is 5.40. The van der Waals surface area contributed by atoms with Gasteiger partial charge in [0.2, 0.25) is 5.91 Å². The number of amides is 1. The van der Waals surface area contributed by atoms with Crippen LogP contribution < -0.4 is 5.32 Å². The fourth-order valence-electron chi connectivity index (χ4n) is 1.24. The van der Waals surface area contributed by atoms with Crippen molar-refractivity contribution >= 4 is 29.0 Å². The lowest BCUT2D eigenvalue weighted by Gasteiger charge is -2.07. The second-order valence-corrected chi connectivity index (χ2v) is 4.14. The second-order valence-electron chi connectivity index (χ2n) is 3.73. The van der Waals surface area contributed by atoms with E-state index in [1.54, 1.807) is 12.1 Å². The van der Waals surface area contributed by atoms with Crippen LogP contribution in [0.2, 0.25) is 5.02 Å². The molecule has 0 aliphatic rings. The molecule has 0 aliphatic carbocycles. The number of hydrogen-bond acceptors (Lipinski definition) is 2. The van der Waals surface area contributed by atoms with Gasteiger partial charge in [-0.05, 0) is 31.5 Å². The van der Waals surface area contributed by atoms with Crippen molar-refractivity contribution in [3.63, 3.8) is 0 Å². The van der Waals surface area contributed by atoms with Gasteiger partial charge in [-0.2, -0.15) is 0 Å². The maximum absolute atomic E-state index is 11.5. The van der Waals surface area contributed by atoms with Gasteiger partial charge in [0.15, 0.2) is 0 Å². The molecule has 16 heavy (non-hydrogen) atoms. The van der Waals surface area contributed by atoms with E-state index in [0.29, 0.717) is 10.7 Å². The molecule has 1 aromatic carbocycles. The number of benzene rings is 1. The second kappa shape index (κ2) is 5.66. The van der Waals surface area contributed by atoms with Crippen LogP contribution in [0.15, 0.2) is 18.2 Å². The lowest BCUT2D eigenvalue weighted by atomic mass is 10.2. The molecule has 1 N–H and O–H groups in total. The van der Waals surface area contributed by atoms with Crippen molar-refractivity contribution in [2.45, 2.75) is 26.7 Å². The van der Waals surface area contributed by atoms with Crippen LogP contribution in [0.5, 0.6) is 0 Å². The average molecular weight is 240 g/mol. The van der Waals surface area contributed by atoms with Gasteiger partial charge >= 0.3 is 0 Å². The van der Waals surface area contributed by atoms with E-state index in [0.717, 1.165) is 5.56 Å². The molecule has 0 spiro atoms. The molecule has 4 heteroatoms. The number of hydrogen-bond donors (Lipinski definition) is 1. The summed E-state index contributed by atoms with van der Waals surface area (Å²) in [5.41, 5.74) is 1.61. The molecule has 0 unspecified atom stereocenters. The number of aryl methyl sites for hydroxylation is 1. The average Bonchev–Trinajstić information content (AvgIpc) is 2.20. The quantitative estimate of drug-likeness (QED) is 0.878. The molecule has 0 saturated carbocycles. The van der Waals surface area contributed by atoms with Gasteiger partial charge in [0.25, 0.3) is 0 Å². The highest BCUT2D eigenvalue weighted by Crippen LogP contribution is 2.22. The van der Waals surface area contributed by atoms with Gasteiger partial charge in [0, 0.05) is 12.8 Å². The first kappa shape index (κ1) is 12.7. The lowest BCUT2D eigenvalue weighted by Crippen LogP contribution is -2.12. The molecule has 0 aliphatic heterocycles. The van der Waals surface area contributed by atoms with Crippen molar-refractivity contribution in [2.24, 2.45) is 0 Å². The number of carbonyl (C=O) groups excluding carboxylic acids is 2. The zero-order chi connectivity index (χ0) is 12.1. The van der Waals surface area contributed by atoms with Crippen molar-refractivity contribution < 1.29 is 9.59 Å². The smallest absolute Gasteiger partial charge is 0.224 e. The molecule has 0 aromatic heterocycles. The van der Waals surface area contributed by atoms with E-state index in [4.69, 9.17) is 11.6 Å². The summed E-state index contributed by atoms with van der Waals surface area (Å²) in [6.45, 7) is 3.38. The molecule has 3 nitrogen and oxygen atoms in total. The fourth-order valence-corrected chi connectivity index (χ4v) is 1.40. The van der Waals surface area contributed by atoms with Gasteiger partial charge in [0.1, 0.15) is 5.78 Å². The summed E-state index contributed by atoms with van der Waals surface area (Å²) in [7, 11) is 0. The summed E-state index contributed by atoms with van der Waals surface area (Å²) >= 11 is 5.92. The summed E-state index contributed by atoms with van der Waals surface area (Å²) in [6.07, 6.45) is 0.453. The van der Waals surface area contributed by atoms with Crippen LogP contribution in [0.1, 0.15) is 25.3 Å². The van der Waals surface area contributed by atoms with E-state index in [1.807, 2.05) is 13.0 Å². The molecule has 0 atom stereocenters. The monoisotopic (exact) mass is 239 g/mol. The highest BCUT2D eigenvalue weighted by molar-refractivity contribution is 6.33. The fraction of sp³-hybridized carbons (Fsp3) is 0.333. The van der Waals surface area contributed by atoms with Crippen LogP contribution in [0.3, 0.4) is 0 Å². The Balaban J connectivity index is 2.62. The molecule has 0 fully saturated rings. The number of halogens is 1. The minimum absolute atomic E-state index is 0.00508. The third kappa shape index (κ3) is 4.03. The van der Waals surface area contributed by atoms with Crippen LogP contribution >= 0.6 is 11.6 Å². The van der Waals surface area contributed by atoms with Crippen LogP contribution in [-0.4, -0.2) is 11.7 Å². The Bertz CT molecular complexity index is 415. The zero-order valence-corrected chi connectivity index (χ0v) is 10.1. The van der Waals surface area contributed by atoms with Crippen LogP contribution in [0.4, 0.5) is 5.69 Å². The Morgan fingerprint density at radius 1 is 1.31 bits per heavy atom. The van der Waals surface area contributed by atoms with Crippen molar-refractivity contribution in [3.05, 3.63) is 28.8 Å². The highest BCUT2D eigenvalue weighted by atomic mass is 35.5. The van der Waals surface area contributed by atoms with Crippen molar-refractivity contribution in [1.82, 2.24) is 0 Å². The van der Waals surface area contributed by atoms with E-state index in [9.17, 15) is 9.59 Å². The van der Waals surface area contributed by atoms with Gasteiger partial charge in [0.05, 0.1) is 10.7 Å². The molecular weight excluding hydrogens is 226 g/mol. The number of ketones is 1. The zero-order valence-electron chi connectivity index (χ0n) is 9.34. The largest absolute Gasteiger partial charge is 0.325 e. The molecule has 0 heterocycles. The lowest BCUT2D eigenvalue weighted by molar-refractivity contribution is -0.121. The van der Waals surface area contributed by atoms with E-state index >= 15 is 0 Å². The summed E-state index contributed by atoms with van der Waals surface area (Å²) in [5.74, 6) is -0.187. The van der Waals surface area contributed by atoms with Crippen molar-refractivity contribution in [1.29, 1.82) is 0 Å². The SMILES string of the molecule is CC(=O)CCC(=O)Nc1cc(C)ccc1Cl. The summed E-state index contributed by atoms with van der Waals surface area (Å²) in [5, 5.41) is 3.18. The van der Waals surface area contributed by atoms with Crippen molar-refractivity contribution in [2.75, 3.05) is 5.32 Å². The van der Waals surface area contributed by atoms with Gasteiger partial charge in [-0.1, -0.05) is 17.7 Å². The summed E-state index contributed by atoms with van der Waals surface area (Å²) in [4.78, 5) is 22.2. The van der Waals surface area contributed by atoms with E-state index < -0.39 is 0 Å². The van der Waals surface area contributed by atoms with Crippen LogP contribution in [0, 0.1) is 6.92 Å². The van der Waals surface area contributed by atoms with Gasteiger partial charge < -0.3 is 10.1 Å². The van der Waals surface area contributed by atoms with Crippen LogP contribution in [0.25, 0.3) is 0 Å². The number of carbonyl (C=O) groups is 2. The van der Waals surface area contributed by atoms with Crippen LogP contribution in [-0.2, 0) is 9.59 Å².